The van der Waals surface area contributed by atoms with Crippen LogP contribution in [-0.4, -0.2) is 34.3 Å². The minimum absolute atomic E-state index is 0.736. The molecule has 7 heteroatoms. The number of aromatic nitrogens is 3. The van der Waals surface area contributed by atoms with E-state index in [0.29, 0.717) is 0 Å². The number of hydrogen-bond acceptors (Lipinski definition) is 3. The van der Waals surface area contributed by atoms with Crippen LogP contribution in [0.25, 0.3) is 0 Å². The molecule has 6 nitrogen and oxygen atoms in total. The summed E-state index contributed by atoms with van der Waals surface area (Å²) in [4.78, 5) is 4.23. The minimum Gasteiger partial charge on any atom is -0.355 e. The lowest BCUT2D eigenvalue weighted by atomic mass is 10.2. The molecule has 0 aliphatic carbocycles. The third-order valence-corrected chi connectivity index (χ3v) is 3.78. The molecule has 118 valence electrons. The van der Waals surface area contributed by atoms with Crippen molar-refractivity contribution in [2.75, 3.05) is 13.6 Å². The normalized spacial score (nSPS) is 11.5. The van der Waals surface area contributed by atoms with E-state index in [4.69, 9.17) is 0 Å². The molecule has 0 saturated carbocycles. The van der Waals surface area contributed by atoms with Crippen LogP contribution in [0.4, 0.5) is 0 Å². The van der Waals surface area contributed by atoms with Crippen molar-refractivity contribution in [3.8, 4) is 0 Å². The van der Waals surface area contributed by atoms with Crippen LogP contribution in [0, 0.1) is 0 Å². The van der Waals surface area contributed by atoms with Gasteiger partial charge in [-0.15, -0.1) is 10.2 Å². The van der Waals surface area contributed by atoms with E-state index < -0.39 is 0 Å². The average molecular weight is 365 g/mol. The molecule has 2 aromatic rings. The van der Waals surface area contributed by atoms with Gasteiger partial charge in [0.15, 0.2) is 5.96 Å². The number of aryl methyl sites for hydroxylation is 1. The van der Waals surface area contributed by atoms with E-state index in [1.54, 1.807) is 13.4 Å². The summed E-state index contributed by atoms with van der Waals surface area (Å²) in [6, 6.07) is 8.22. The molecule has 0 spiro atoms. The van der Waals surface area contributed by atoms with Gasteiger partial charge in [0.2, 0.25) is 0 Å². The molecule has 0 aliphatic heterocycles. The Kier molecular flexibility index (Phi) is 6.39. The van der Waals surface area contributed by atoms with Gasteiger partial charge in [0.05, 0.1) is 0 Å². The Morgan fingerprint density at radius 1 is 1.27 bits per heavy atom. The number of guanidine groups is 1. The van der Waals surface area contributed by atoms with E-state index >= 15 is 0 Å². The first-order chi connectivity index (χ1) is 10.7. The summed E-state index contributed by atoms with van der Waals surface area (Å²) >= 11 is 3.43. The molecule has 0 radical (unpaired) electrons. The summed E-state index contributed by atoms with van der Waals surface area (Å²) in [6.45, 7) is 4.40. The first-order valence-corrected chi connectivity index (χ1v) is 8.08. The van der Waals surface area contributed by atoms with Crippen molar-refractivity contribution in [3.05, 3.63) is 46.5 Å². The van der Waals surface area contributed by atoms with E-state index in [1.807, 2.05) is 12.1 Å². The Bertz CT molecular complexity index is 605. The van der Waals surface area contributed by atoms with E-state index in [2.05, 4.69) is 65.4 Å². The van der Waals surface area contributed by atoms with Crippen LogP contribution in [0.1, 0.15) is 18.3 Å². The first kappa shape index (κ1) is 16.5. The van der Waals surface area contributed by atoms with Gasteiger partial charge in [0.1, 0.15) is 12.2 Å². The predicted octanol–water partition coefficient (Wildman–Crippen LogP) is 1.97. The van der Waals surface area contributed by atoms with Crippen LogP contribution in [0.3, 0.4) is 0 Å². The second-order valence-corrected chi connectivity index (χ2v) is 5.69. The van der Waals surface area contributed by atoms with E-state index in [1.165, 1.54) is 5.56 Å². The van der Waals surface area contributed by atoms with Gasteiger partial charge >= 0.3 is 0 Å². The standard InChI is InChI=1S/C15H21BrN6/c1-3-14-21-20-11-22(14)9-8-18-15(17-2)19-10-12-4-6-13(16)7-5-12/h4-7,11H,3,8-10H2,1-2H3,(H2,17,18,19). The number of halogens is 1. The Hall–Kier alpha value is -1.89. The molecule has 0 aliphatic rings. The van der Waals surface area contributed by atoms with E-state index in [0.717, 1.165) is 42.3 Å². The van der Waals surface area contributed by atoms with Gasteiger partial charge in [-0.25, -0.2) is 0 Å². The molecule has 1 aromatic heterocycles. The van der Waals surface area contributed by atoms with Crippen molar-refractivity contribution in [1.82, 2.24) is 25.4 Å². The van der Waals surface area contributed by atoms with Gasteiger partial charge in [-0.2, -0.15) is 0 Å². The zero-order valence-corrected chi connectivity index (χ0v) is 14.5. The van der Waals surface area contributed by atoms with Gasteiger partial charge in [-0.1, -0.05) is 35.0 Å². The highest BCUT2D eigenvalue weighted by molar-refractivity contribution is 9.10. The summed E-state index contributed by atoms with van der Waals surface area (Å²) in [5.41, 5.74) is 1.21. The number of rotatable bonds is 6. The topological polar surface area (TPSA) is 67.1 Å². The molecule has 0 fully saturated rings. The van der Waals surface area contributed by atoms with Crippen LogP contribution in [0.2, 0.25) is 0 Å². The van der Waals surface area contributed by atoms with Gasteiger partial charge in [-0.05, 0) is 17.7 Å². The van der Waals surface area contributed by atoms with Crippen LogP contribution in [0.15, 0.2) is 40.1 Å². The van der Waals surface area contributed by atoms with Gasteiger partial charge in [0.25, 0.3) is 0 Å². The third kappa shape index (κ3) is 4.84. The molecule has 0 saturated heterocycles. The van der Waals surface area contributed by atoms with Crippen molar-refractivity contribution < 1.29 is 0 Å². The molecular weight excluding hydrogens is 344 g/mol. The number of nitrogens with one attached hydrogen (secondary N) is 2. The molecule has 2 rings (SSSR count). The molecule has 2 N–H and O–H groups in total. The fourth-order valence-corrected chi connectivity index (χ4v) is 2.31. The monoisotopic (exact) mass is 364 g/mol. The van der Waals surface area contributed by atoms with Crippen molar-refractivity contribution in [2.24, 2.45) is 4.99 Å². The van der Waals surface area contributed by atoms with E-state index in [-0.39, 0.29) is 0 Å². The lowest BCUT2D eigenvalue weighted by Crippen LogP contribution is -2.38. The fraction of sp³-hybridized carbons (Fsp3) is 0.400. The zero-order valence-electron chi connectivity index (χ0n) is 12.9. The largest absolute Gasteiger partial charge is 0.355 e. The zero-order chi connectivity index (χ0) is 15.8. The maximum absolute atomic E-state index is 4.23. The second kappa shape index (κ2) is 8.53. The number of benzene rings is 1. The van der Waals surface area contributed by atoms with Crippen molar-refractivity contribution >= 4 is 21.9 Å². The lowest BCUT2D eigenvalue weighted by Gasteiger charge is -2.12. The van der Waals surface area contributed by atoms with Gasteiger partial charge in [0, 0.05) is 37.6 Å². The van der Waals surface area contributed by atoms with Crippen LogP contribution < -0.4 is 10.6 Å². The smallest absolute Gasteiger partial charge is 0.191 e. The highest BCUT2D eigenvalue weighted by Crippen LogP contribution is 2.10. The lowest BCUT2D eigenvalue weighted by molar-refractivity contribution is 0.632. The van der Waals surface area contributed by atoms with Crippen molar-refractivity contribution in [1.29, 1.82) is 0 Å². The third-order valence-electron chi connectivity index (χ3n) is 3.25. The molecule has 0 bridgehead atoms. The molecule has 22 heavy (non-hydrogen) atoms. The maximum atomic E-state index is 4.23. The SMILES string of the molecule is CCc1nncn1CCNC(=NC)NCc1ccc(Br)cc1. The van der Waals surface area contributed by atoms with Crippen LogP contribution in [-0.2, 0) is 19.5 Å². The quantitative estimate of drug-likeness (QED) is 0.607. The summed E-state index contributed by atoms with van der Waals surface area (Å²) in [5, 5.41) is 14.6. The Morgan fingerprint density at radius 3 is 2.73 bits per heavy atom. The summed E-state index contributed by atoms with van der Waals surface area (Å²) < 4.78 is 3.13. The molecule has 1 aromatic carbocycles. The molecule has 0 atom stereocenters. The molecule has 0 amide bonds. The fourth-order valence-electron chi connectivity index (χ4n) is 2.04. The van der Waals surface area contributed by atoms with E-state index in [9.17, 15) is 0 Å². The van der Waals surface area contributed by atoms with Crippen molar-refractivity contribution in [3.63, 3.8) is 0 Å². The predicted molar refractivity (Wildman–Crippen MR) is 91.7 cm³/mol. The molecule has 0 unspecified atom stereocenters. The number of nitrogens with zero attached hydrogens (tertiary/aromatic N) is 4. The summed E-state index contributed by atoms with van der Waals surface area (Å²) in [5.74, 6) is 1.79. The maximum Gasteiger partial charge on any atom is 0.191 e. The molecular formula is C15H21BrN6. The first-order valence-electron chi connectivity index (χ1n) is 7.28. The number of aliphatic imine (C=N–C) groups is 1. The van der Waals surface area contributed by atoms with Gasteiger partial charge in [-0.3, -0.25) is 4.99 Å². The summed E-state index contributed by atoms with van der Waals surface area (Å²) in [6.07, 6.45) is 2.65. The Balaban J connectivity index is 1.77. The van der Waals surface area contributed by atoms with Gasteiger partial charge < -0.3 is 15.2 Å². The summed E-state index contributed by atoms with van der Waals surface area (Å²) in [7, 11) is 1.77. The average Bonchev–Trinajstić information content (AvgIpc) is 2.99. The highest BCUT2D eigenvalue weighted by Gasteiger charge is 2.02. The Labute approximate surface area is 139 Å². The molecule has 1 heterocycles. The van der Waals surface area contributed by atoms with Crippen molar-refractivity contribution in [2.45, 2.75) is 26.4 Å². The minimum atomic E-state index is 0.736. The van der Waals surface area contributed by atoms with Crippen LogP contribution in [0.5, 0.6) is 0 Å². The number of hydrogen-bond donors (Lipinski definition) is 2. The Morgan fingerprint density at radius 2 is 2.05 bits per heavy atom. The highest BCUT2D eigenvalue weighted by atomic mass is 79.9. The second-order valence-electron chi connectivity index (χ2n) is 4.77. The van der Waals surface area contributed by atoms with Crippen LogP contribution >= 0.6 is 15.9 Å².